The van der Waals surface area contributed by atoms with Crippen LogP contribution < -0.4 is 16.3 Å². The second kappa shape index (κ2) is 7.36. The highest BCUT2D eigenvalue weighted by Crippen LogP contribution is 2.22. The first-order valence-electron chi connectivity index (χ1n) is 7.26. The summed E-state index contributed by atoms with van der Waals surface area (Å²) in [6, 6.07) is 7.89. The molecule has 124 valence electrons. The molecular formula is C15H21N5O2S. The minimum atomic E-state index is -0.432. The lowest BCUT2D eigenvalue weighted by molar-refractivity contribution is -0.117. The second-order valence-electron chi connectivity index (χ2n) is 5.44. The summed E-state index contributed by atoms with van der Waals surface area (Å²) in [5, 5.41) is 7.92. The number of thioether (sulfide) groups is 1. The summed E-state index contributed by atoms with van der Waals surface area (Å²) in [4.78, 5) is 11.1. The maximum atomic E-state index is 11.1. The van der Waals surface area contributed by atoms with Crippen molar-refractivity contribution in [2.24, 2.45) is 5.73 Å². The lowest BCUT2D eigenvalue weighted by Gasteiger charge is -2.09. The van der Waals surface area contributed by atoms with Gasteiger partial charge in [-0.2, -0.15) is 0 Å². The Hall–Kier alpha value is -2.22. The number of nitrogens with zero attached hydrogens (tertiary/aromatic N) is 3. The molecule has 1 aromatic heterocycles. The van der Waals surface area contributed by atoms with Gasteiger partial charge in [0.25, 0.3) is 0 Å². The van der Waals surface area contributed by atoms with Gasteiger partial charge in [-0.15, -0.1) is 10.2 Å². The largest absolute Gasteiger partial charge is 0.486 e. The Bertz CT molecular complexity index is 669. The first-order chi connectivity index (χ1) is 10.9. The predicted octanol–water partition coefficient (Wildman–Crippen LogP) is 1.66. The van der Waals surface area contributed by atoms with E-state index in [0.29, 0.717) is 16.9 Å². The zero-order valence-electron chi connectivity index (χ0n) is 13.4. The van der Waals surface area contributed by atoms with Crippen LogP contribution in [0.4, 0.5) is 0 Å². The van der Waals surface area contributed by atoms with E-state index >= 15 is 0 Å². The summed E-state index contributed by atoms with van der Waals surface area (Å²) in [6.07, 6.45) is 0. The van der Waals surface area contributed by atoms with E-state index in [2.05, 4.69) is 24.0 Å². The fraction of sp³-hybridized carbons (Fsp3) is 0.400. The van der Waals surface area contributed by atoms with E-state index in [1.807, 2.05) is 24.3 Å². The van der Waals surface area contributed by atoms with Crippen molar-refractivity contribution < 1.29 is 9.53 Å². The van der Waals surface area contributed by atoms with E-state index in [9.17, 15) is 4.79 Å². The van der Waals surface area contributed by atoms with E-state index in [4.69, 9.17) is 16.3 Å². The lowest BCUT2D eigenvalue weighted by Crippen LogP contribution is -2.24. The van der Waals surface area contributed by atoms with Crippen molar-refractivity contribution in [1.29, 1.82) is 0 Å². The summed E-state index contributed by atoms with van der Waals surface area (Å²) in [7, 11) is 0. The fourth-order valence-electron chi connectivity index (χ4n) is 1.80. The molecule has 1 amide bonds. The maximum Gasteiger partial charge on any atom is 0.230 e. The number of hydrogen-bond acceptors (Lipinski definition) is 6. The molecule has 8 heteroatoms. The minimum Gasteiger partial charge on any atom is -0.486 e. The van der Waals surface area contributed by atoms with E-state index in [1.54, 1.807) is 6.92 Å². The van der Waals surface area contributed by atoms with Crippen molar-refractivity contribution in [3.05, 3.63) is 35.7 Å². The van der Waals surface area contributed by atoms with Gasteiger partial charge in [-0.3, -0.25) is 4.79 Å². The molecule has 0 fully saturated rings. The fourth-order valence-corrected chi connectivity index (χ4v) is 2.54. The van der Waals surface area contributed by atoms with Crippen LogP contribution in [0.5, 0.6) is 5.75 Å². The molecule has 0 spiro atoms. The third kappa shape index (κ3) is 4.38. The Balaban J connectivity index is 1.98. The average Bonchev–Trinajstić information content (AvgIpc) is 2.86. The highest BCUT2D eigenvalue weighted by molar-refractivity contribution is 8.00. The minimum absolute atomic E-state index is 0.191. The summed E-state index contributed by atoms with van der Waals surface area (Å²) in [6.45, 7) is 6.15. The summed E-state index contributed by atoms with van der Waals surface area (Å²) < 4.78 is 6.98. The van der Waals surface area contributed by atoms with Crippen LogP contribution in [0.15, 0.2) is 29.4 Å². The number of amides is 1. The van der Waals surface area contributed by atoms with Crippen LogP contribution in [0.1, 0.15) is 38.1 Å². The van der Waals surface area contributed by atoms with Crippen LogP contribution in [0.3, 0.4) is 0 Å². The monoisotopic (exact) mass is 335 g/mol. The summed E-state index contributed by atoms with van der Waals surface area (Å²) >= 11 is 1.16. The molecule has 23 heavy (non-hydrogen) atoms. The standard InChI is InChI=1S/C15H21N5O2S/c1-9(2)11-4-6-12(7-5-11)22-8-13-18-19-15(20(13)17)23-10(3)14(16)21/h4-7,9-10H,8,17H2,1-3H3,(H2,16,21). The Kier molecular flexibility index (Phi) is 5.49. The smallest absolute Gasteiger partial charge is 0.230 e. The van der Waals surface area contributed by atoms with Crippen LogP contribution in [0.2, 0.25) is 0 Å². The number of benzene rings is 1. The molecule has 7 nitrogen and oxygen atoms in total. The van der Waals surface area contributed by atoms with Crippen LogP contribution in [-0.2, 0) is 11.4 Å². The quantitative estimate of drug-likeness (QED) is 0.588. The maximum absolute atomic E-state index is 11.1. The molecule has 0 saturated heterocycles. The normalized spacial score (nSPS) is 12.3. The zero-order chi connectivity index (χ0) is 17.0. The summed E-state index contributed by atoms with van der Waals surface area (Å²) in [5.74, 6) is 7.17. The highest BCUT2D eigenvalue weighted by Gasteiger charge is 2.17. The number of nitrogen functional groups attached to an aromatic ring is 1. The first kappa shape index (κ1) is 17.1. The molecular weight excluding hydrogens is 314 g/mol. The Labute approximate surface area is 139 Å². The van der Waals surface area contributed by atoms with Gasteiger partial charge in [-0.1, -0.05) is 37.7 Å². The Morgan fingerprint density at radius 2 is 1.91 bits per heavy atom. The van der Waals surface area contributed by atoms with Gasteiger partial charge in [-0.25, -0.2) is 4.68 Å². The van der Waals surface area contributed by atoms with Gasteiger partial charge in [0.2, 0.25) is 11.1 Å². The zero-order valence-corrected chi connectivity index (χ0v) is 14.2. The molecule has 1 atom stereocenters. The Morgan fingerprint density at radius 1 is 1.26 bits per heavy atom. The third-order valence-corrected chi connectivity index (χ3v) is 4.41. The molecule has 0 aliphatic carbocycles. The van der Waals surface area contributed by atoms with Gasteiger partial charge >= 0.3 is 0 Å². The molecule has 4 N–H and O–H groups in total. The number of ether oxygens (including phenoxy) is 1. The SMILES string of the molecule is CC(Sc1nnc(COc2ccc(C(C)C)cc2)n1N)C(N)=O. The first-order valence-corrected chi connectivity index (χ1v) is 8.14. The third-order valence-electron chi connectivity index (χ3n) is 3.33. The molecule has 0 aliphatic heterocycles. The molecule has 0 bridgehead atoms. The summed E-state index contributed by atoms with van der Waals surface area (Å²) in [5.41, 5.74) is 6.47. The van der Waals surface area contributed by atoms with Crippen LogP contribution in [-0.4, -0.2) is 26.0 Å². The number of carbonyl (C=O) groups is 1. The van der Waals surface area contributed by atoms with E-state index in [1.165, 1.54) is 10.2 Å². The van der Waals surface area contributed by atoms with Crippen LogP contribution in [0, 0.1) is 0 Å². The molecule has 1 unspecified atom stereocenters. The van der Waals surface area contributed by atoms with E-state index in [-0.39, 0.29) is 6.61 Å². The van der Waals surface area contributed by atoms with Gasteiger partial charge in [0.15, 0.2) is 5.82 Å². The molecule has 1 aromatic carbocycles. The van der Waals surface area contributed by atoms with Crippen molar-refractivity contribution >= 4 is 17.7 Å². The van der Waals surface area contributed by atoms with Crippen molar-refractivity contribution in [3.8, 4) is 5.75 Å². The molecule has 0 aliphatic rings. The number of aromatic nitrogens is 3. The van der Waals surface area contributed by atoms with Crippen LogP contribution >= 0.6 is 11.8 Å². The van der Waals surface area contributed by atoms with Crippen LogP contribution in [0.25, 0.3) is 0 Å². The molecule has 2 aromatic rings. The molecule has 0 saturated carbocycles. The Morgan fingerprint density at radius 3 is 2.48 bits per heavy atom. The van der Waals surface area contributed by atoms with E-state index in [0.717, 1.165) is 17.5 Å². The molecule has 2 rings (SSSR count). The molecule has 0 radical (unpaired) electrons. The predicted molar refractivity (Wildman–Crippen MR) is 89.5 cm³/mol. The highest BCUT2D eigenvalue weighted by atomic mass is 32.2. The molecule has 1 heterocycles. The van der Waals surface area contributed by atoms with Crippen molar-refractivity contribution in [3.63, 3.8) is 0 Å². The van der Waals surface area contributed by atoms with Crippen molar-refractivity contribution in [1.82, 2.24) is 14.9 Å². The van der Waals surface area contributed by atoms with Gasteiger partial charge in [-0.05, 0) is 30.5 Å². The topological polar surface area (TPSA) is 109 Å². The van der Waals surface area contributed by atoms with Gasteiger partial charge in [0, 0.05) is 0 Å². The van der Waals surface area contributed by atoms with Gasteiger partial charge in [0.1, 0.15) is 12.4 Å². The number of rotatable bonds is 7. The van der Waals surface area contributed by atoms with Gasteiger partial charge < -0.3 is 16.3 Å². The van der Waals surface area contributed by atoms with Crippen molar-refractivity contribution in [2.75, 3.05) is 5.84 Å². The van der Waals surface area contributed by atoms with E-state index < -0.39 is 11.2 Å². The average molecular weight is 335 g/mol. The number of primary amides is 1. The number of carbonyl (C=O) groups excluding carboxylic acids is 1. The van der Waals surface area contributed by atoms with Gasteiger partial charge in [0.05, 0.1) is 5.25 Å². The lowest BCUT2D eigenvalue weighted by atomic mass is 10.0. The number of nitrogens with two attached hydrogens (primary N) is 2. The number of hydrogen-bond donors (Lipinski definition) is 2. The second-order valence-corrected chi connectivity index (χ2v) is 6.75. The van der Waals surface area contributed by atoms with Crippen molar-refractivity contribution in [2.45, 2.75) is 43.7 Å².